The molecule has 2 saturated heterocycles. The van der Waals surface area contributed by atoms with Crippen LogP contribution in [0.15, 0.2) is 66.7 Å². The molecule has 2 atom stereocenters. The Morgan fingerprint density at radius 2 is 1.60 bits per heavy atom. The van der Waals surface area contributed by atoms with Crippen molar-refractivity contribution in [1.82, 2.24) is 9.80 Å². The Balaban J connectivity index is 1.56. The molecular weight excluding hydrogens is 372 g/mol. The molecule has 2 fully saturated rings. The molecule has 3 aliphatic heterocycles. The molecule has 0 aliphatic carbocycles. The van der Waals surface area contributed by atoms with E-state index in [4.69, 9.17) is 4.74 Å². The van der Waals surface area contributed by atoms with Gasteiger partial charge in [0.15, 0.2) is 11.9 Å². The van der Waals surface area contributed by atoms with E-state index in [1.54, 1.807) is 0 Å². The Kier molecular flexibility index (Phi) is 5.45. The van der Waals surface area contributed by atoms with E-state index in [1.165, 1.54) is 12.8 Å². The van der Waals surface area contributed by atoms with Gasteiger partial charge in [0, 0.05) is 31.4 Å². The van der Waals surface area contributed by atoms with Crippen molar-refractivity contribution >= 4 is 11.5 Å². The third-order valence-electron chi connectivity index (χ3n) is 6.87. The molecule has 5 rings (SSSR count). The highest BCUT2D eigenvalue weighted by atomic mass is 16.5. The summed E-state index contributed by atoms with van der Waals surface area (Å²) in [5, 5.41) is 0. The summed E-state index contributed by atoms with van der Waals surface area (Å²) >= 11 is 0. The average Bonchev–Trinajstić information content (AvgIpc) is 3.01. The third kappa shape index (κ3) is 3.38. The van der Waals surface area contributed by atoms with Crippen molar-refractivity contribution in [2.45, 2.75) is 50.5 Å². The zero-order valence-corrected chi connectivity index (χ0v) is 17.5. The zero-order valence-electron chi connectivity index (χ0n) is 17.5. The molecule has 0 aromatic heterocycles. The van der Waals surface area contributed by atoms with Gasteiger partial charge in [-0.25, -0.2) is 0 Å². The van der Waals surface area contributed by atoms with Gasteiger partial charge in [0.05, 0.1) is 6.61 Å². The molecule has 0 bridgehead atoms. The molecule has 0 amide bonds. The van der Waals surface area contributed by atoms with E-state index in [0.717, 1.165) is 55.7 Å². The number of ketones is 1. The van der Waals surface area contributed by atoms with Crippen molar-refractivity contribution in [1.29, 1.82) is 0 Å². The maximum Gasteiger partial charge on any atom is 0.190 e. The number of hydrogen-bond acceptors (Lipinski definition) is 4. The number of benzene rings is 2. The predicted molar refractivity (Wildman–Crippen MR) is 119 cm³/mol. The van der Waals surface area contributed by atoms with Crippen LogP contribution in [0.25, 0.3) is 5.70 Å². The molecular formula is C26H30N2O2. The van der Waals surface area contributed by atoms with Crippen molar-refractivity contribution in [2.24, 2.45) is 0 Å². The predicted octanol–water partition coefficient (Wildman–Crippen LogP) is 4.47. The van der Waals surface area contributed by atoms with Crippen LogP contribution in [-0.4, -0.2) is 47.0 Å². The van der Waals surface area contributed by atoms with Crippen molar-refractivity contribution in [3.8, 4) is 0 Å². The molecule has 3 heterocycles. The van der Waals surface area contributed by atoms with Crippen molar-refractivity contribution in [2.75, 3.05) is 19.6 Å². The molecule has 0 N–H and O–H groups in total. The number of ether oxygens (including phenoxy) is 1. The fourth-order valence-electron chi connectivity index (χ4n) is 5.54. The van der Waals surface area contributed by atoms with Crippen molar-refractivity contribution in [3.05, 3.63) is 77.9 Å². The zero-order chi connectivity index (χ0) is 20.4. The molecule has 30 heavy (non-hydrogen) atoms. The minimum absolute atomic E-state index is 0.106. The lowest BCUT2D eigenvalue weighted by Gasteiger charge is -2.59. The second-order valence-electron chi connectivity index (χ2n) is 8.66. The Morgan fingerprint density at radius 1 is 0.867 bits per heavy atom. The third-order valence-corrected chi connectivity index (χ3v) is 6.87. The Labute approximate surface area is 179 Å². The Morgan fingerprint density at radius 3 is 2.40 bits per heavy atom. The van der Waals surface area contributed by atoms with Gasteiger partial charge in [-0.15, -0.1) is 0 Å². The van der Waals surface area contributed by atoms with Crippen LogP contribution in [0, 0.1) is 0 Å². The molecule has 0 radical (unpaired) electrons. The Hall–Kier alpha value is -2.43. The smallest absolute Gasteiger partial charge is 0.190 e. The topological polar surface area (TPSA) is 32.8 Å². The van der Waals surface area contributed by atoms with E-state index in [0.29, 0.717) is 6.61 Å². The fourth-order valence-corrected chi connectivity index (χ4v) is 5.54. The first-order valence-electron chi connectivity index (χ1n) is 11.3. The van der Waals surface area contributed by atoms with E-state index in [1.807, 2.05) is 30.3 Å². The van der Waals surface area contributed by atoms with E-state index in [9.17, 15) is 4.79 Å². The number of carbonyl (C=O) groups excluding carboxylic acids is 1. The van der Waals surface area contributed by atoms with E-state index < -0.39 is 6.10 Å². The SMILES string of the molecule is O=C1C=C(c2ccccc2)N2CCCN3CCCCCC32[C@@H]1OCc1ccccc1. The standard InChI is InChI=1S/C26H30N2O2/c29-24-19-23(22-13-6-2-7-14-22)28-18-10-17-27-16-9-3-8-15-26(27,28)25(24)30-20-21-11-4-1-5-12-21/h1-2,4-7,11-14,19,25H,3,8-10,15-18,20H2/t25-,26?/m1/s1. The second kappa shape index (κ2) is 8.37. The molecule has 4 heteroatoms. The van der Waals surface area contributed by atoms with Gasteiger partial charge < -0.3 is 9.64 Å². The average molecular weight is 403 g/mol. The molecule has 156 valence electrons. The summed E-state index contributed by atoms with van der Waals surface area (Å²) in [6.45, 7) is 3.51. The van der Waals surface area contributed by atoms with Crippen LogP contribution in [0.3, 0.4) is 0 Å². The first kappa shape index (κ1) is 19.5. The first-order chi connectivity index (χ1) is 14.8. The minimum Gasteiger partial charge on any atom is -0.361 e. The largest absolute Gasteiger partial charge is 0.361 e. The van der Waals surface area contributed by atoms with Gasteiger partial charge in [0.25, 0.3) is 0 Å². The molecule has 0 saturated carbocycles. The van der Waals surface area contributed by atoms with Crippen molar-refractivity contribution in [3.63, 3.8) is 0 Å². The quantitative estimate of drug-likeness (QED) is 0.755. The van der Waals surface area contributed by atoms with Gasteiger partial charge in [0.1, 0.15) is 5.66 Å². The molecule has 1 spiro atoms. The van der Waals surface area contributed by atoms with Crippen LogP contribution in [-0.2, 0) is 16.1 Å². The second-order valence-corrected chi connectivity index (χ2v) is 8.66. The fraction of sp³-hybridized carbons (Fsp3) is 0.423. The summed E-state index contributed by atoms with van der Waals surface area (Å²) in [5.74, 6) is 0.106. The van der Waals surface area contributed by atoms with Crippen LogP contribution in [0.1, 0.15) is 43.2 Å². The minimum atomic E-state index is -0.455. The summed E-state index contributed by atoms with van der Waals surface area (Å²) in [6, 6.07) is 20.6. The Bertz CT molecular complexity index is 911. The highest BCUT2D eigenvalue weighted by Crippen LogP contribution is 2.45. The van der Waals surface area contributed by atoms with Gasteiger partial charge in [-0.1, -0.05) is 67.1 Å². The highest BCUT2D eigenvalue weighted by Gasteiger charge is 2.56. The molecule has 2 aromatic rings. The lowest BCUT2D eigenvalue weighted by molar-refractivity contribution is -0.174. The molecule has 2 aromatic carbocycles. The van der Waals surface area contributed by atoms with Crippen LogP contribution in [0.2, 0.25) is 0 Å². The van der Waals surface area contributed by atoms with Gasteiger partial charge in [-0.2, -0.15) is 0 Å². The number of rotatable bonds is 4. The van der Waals surface area contributed by atoms with Crippen LogP contribution in [0.4, 0.5) is 0 Å². The van der Waals surface area contributed by atoms with Crippen LogP contribution in [0.5, 0.6) is 0 Å². The lowest BCUT2D eigenvalue weighted by atomic mass is 9.83. The van der Waals surface area contributed by atoms with Crippen LogP contribution >= 0.6 is 0 Å². The molecule has 3 aliphatic rings. The normalized spacial score (nSPS) is 27.1. The van der Waals surface area contributed by atoms with E-state index >= 15 is 0 Å². The summed E-state index contributed by atoms with van der Waals surface area (Å²) in [6.07, 6.45) is 7.02. The van der Waals surface area contributed by atoms with Gasteiger partial charge >= 0.3 is 0 Å². The van der Waals surface area contributed by atoms with Crippen LogP contribution < -0.4 is 0 Å². The summed E-state index contributed by atoms with van der Waals surface area (Å²) in [5.41, 5.74) is 2.92. The summed E-state index contributed by atoms with van der Waals surface area (Å²) in [7, 11) is 0. The maximum atomic E-state index is 13.6. The van der Waals surface area contributed by atoms with Crippen molar-refractivity contribution < 1.29 is 9.53 Å². The molecule has 1 unspecified atom stereocenters. The summed E-state index contributed by atoms with van der Waals surface area (Å²) in [4.78, 5) is 18.6. The highest BCUT2D eigenvalue weighted by molar-refractivity contribution is 6.02. The number of carbonyl (C=O) groups is 1. The monoisotopic (exact) mass is 402 g/mol. The maximum absolute atomic E-state index is 13.6. The first-order valence-corrected chi connectivity index (χ1v) is 11.3. The van der Waals surface area contributed by atoms with E-state index in [2.05, 4.69) is 46.2 Å². The summed E-state index contributed by atoms with van der Waals surface area (Å²) < 4.78 is 6.47. The van der Waals surface area contributed by atoms with Gasteiger partial charge in [-0.3, -0.25) is 9.69 Å². The number of nitrogens with zero attached hydrogens (tertiary/aromatic N) is 2. The van der Waals surface area contributed by atoms with Gasteiger partial charge in [0.2, 0.25) is 0 Å². The lowest BCUT2D eigenvalue weighted by Crippen LogP contribution is -2.72. The van der Waals surface area contributed by atoms with Gasteiger partial charge in [-0.05, 0) is 36.8 Å². The molecule has 4 nitrogen and oxygen atoms in total. The van der Waals surface area contributed by atoms with E-state index in [-0.39, 0.29) is 11.4 Å². The number of hydrogen-bond donors (Lipinski definition) is 0.